The zero-order chi connectivity index (χ0) is 13.1. The second-order valence-electron chi connectivity index (χ2n) is 4.86. The van der Waals surface area contributed by atoms with Crippen LogP contribution < -0.4 is 5.32 Å². The van der Waals surface area contributed by atoms with E-state index < -0.39 is 11.9 Å². The summed E-state index contributed by atoms with van der Waals surface area (Å²) in [7, 11) is 0. The molecule has 1 N–H and O–H groups in total. The Kier molecular flexibility index (Phi) is 3.65. The molecule has 0 radical (unpaired) electrons. The third-order valence-corrected chi connectivity index (χ3v) is 3.12. The summed E-state index contributed by atoms with van der Waals surface area (Å²) in [6.07, 6.45) is 0.318. The second kappa shape index (κ2) is 5.21. The van der Waals surface area contributed by atoms with E-state index in [1.54, 1.807) is 12.1 Å². The number of cyclic esters (lactones) is 1. The molecule has 0 aromatic heterocycles. The van der Waals surface area contributed by atoms with Crippen molar-refractivity contribution in [3.05, 3.63) is 30.3 Å². The number of rotatable bonds is 3. The van der Waals surface area contributed by atoms with Gasteiger partial charge in [0.1, 0.15) is 12.0 Å². The Bertz CT molecular complexity index is 442. The van der Waals surface area contributed by atoms with Crippen LogP contribution in [0.15, 0.2) is 30.3 Å². The van der Waals surface area contributed by atoms with Gasteiger partial charge in [0.25, 0.3) is 0 Å². The summed E-state index contributed by atoms with van der Waals surface area (Å²) in [6, 6.07) is 9.11. The second-order valence-corrected chi connectivity index (χ2v) is 4.86. The fraction of sp³-hybridized carbons (Fsp3) is 0.429. The number of carbonyl (C=O) groups is 2. The summed E-state index contributed by atoms with van der Waals surface area (Å²) in [5, 5.41) is 2.73. The van der Waals surface area contributed by atoms with Crippen LogP contribution in [0.5, 0.6) is 0 Å². The topological polar surface area (TPSA) is 55.4 Å². The van der Waals surface area contributed by atoms with E-state index >= 15 is 0 Å². The van der Waals surface area contributed by atoms with Crippen molar-refractivity contribution in [1.29, 1.82) is 0 Å². The lowest BCUT2D eigenvalue weighted by molar-refractivity contribution is -0.147. The number of anilines is 1. The lowest BCUT2D eigenvalue weighted by Gasteiger charge is -2.11. The van der Waals surface area contributed by atoms with Crippen molar-refractivity contribution < 1.29 is 14.3 Å². The number of esters is 1. The van der Waals surface area contributed by atoms with Gasteiger partial charge in [0.15, 0.2) is 0 Å². The predicted octanol–water partition coefficient (Wildman–Crippen LogP) is 2.21. The molecule has 0 spiro atoms. The molecule has 0 saturated carbocycles. The van der Waals surface area contributed by atoms with Crippen LogP contribution in [0.1, 0.15) is 20.3 Å². The van der Waals surface area contributed by atoms with Gasteiger partial charge >= 0.3 is 5.97 Å². The van der Waals surface area contributed by atoms with E-state index in [-0.39, 0.29) is 17.9 Å². The van der Waals surface area contributed by atoms with Crippen LogP contribution in [0.3, 0.4) is 0 Å². The van der Waals surface area contributed by atoms with Gasteiger partial charge in [-0.25, -0.2) is 0 Å². The minimum atomic E-state index is -0.683. The molecule has 1 saturated heterocycles. The molecule has 4 heteroatoms. The molecule has 1 heterocycles. The maximum absolute atomic E-state index is 12.0. The summed E-state index contributed by atoms with van der Waals surface area (Å²) in [5.41, 5.74) is 0.697. The van der Waals surface area contributed by atoms with Crippen LogP contribution in [0.4, 0.5) is 5.69 Å². The first kappa shape index (κ1) is 12.6. The summed E-state index contributed by atoms with van der Waals surface area (Å²) < 4.78 is 5.19. The normalized spacial score (nSPS) is 22.9. The van der Waals surface area contributed by atoms with Crippen LogP contribution in [0.2, 0.25) is 0 Å². The predicted molar refractivity (Wildman–Crippen MR) is 67.9 cm³/mol. The summed E-state index contributed by atoms with van der Waals surface area (Å²) >= 11 is 0. The van der Waals surface area contributed by atoms with E-state index in [2.05, 4.69) is 5.32 Å². The standard InChI is InChI=1S/C14H17NO3/c1-9(2)12-8-11(14(17)18-12)13(16)15-10-6-4-3-5-7-10/h3-7,9,11-12H,8H2,1-2H3,(H,15,16)/t11-,12-/m0/s1. The molecular formula is C14H17NO3. The van der Waals surface area contributed by atoms with Crippen LogP contribution in [0, 0.1) is 11.8 Å². The van der Waals surface area contributed by atoms with Crippen molar-refractivity contribution in [2.75, 3.05) is 5.32 Å². The average molecular weight is 247 g/mol. The van der Waals surface area contributed by atoms with Gasteiger partial charge in [-0.2, -0.15) is 0 Å². The van der Waals surface area contributed by atoms with E-state index in [1.807, 2.05) is 32.0 Å². The maximum Gasteiger partial charge on any atom is 0.318 e. The molecule has 1 aliphatic rings. The lowest BCUT2D eigenvalue weighted by atomic mass is 9.97. The molecule has 96 valence electrons. The zero-order valence-electron chi connectivity index (χ0n) is 10.6. The van der Waals surface area contributed by atoms with Gasteiger partial charge in [-0.15, -0.1) is 0 Å². The first-order valence-electron chi connectivity index (χ1n) is 6.14. The molecule has 1 fully saturated rings. The highest BCUT2D eigenvalue weighted by molar-refractivity contribution is 6.05. The Labute approximate surface area is 106 Å². The third-order valence-electron chi connectivity index (χ3n) is 3.12. The molecule has 1 aliphatic heterocycles. The van der Waals surface area contributed by atoms with Crippen molar-refractivity contribution in [2.45, 2.75) is 26.4 Å². The van der Waals surface area contributed by atoms with Crippen molar-refractivity contribution in [1.82, 2.24) is 0 Å². The maximum atomic E-state index is 12.0. The average Bonchev–Trinajstić information content (AvgIpc) is 2.73. The molecule has 4 nitrogen and oxygen atoms in total. The van der Waals surface area contributed by atoms with Crippen LogP contribution in [0.25, 0.3) is 0 Å². The fourth-order valence-electron chi connectivity index (χ4n) is 1.98. The Morgan fingerprint density at radius 1 is 1.33 bits per heavy atom. The zero-order valence-corrected chi connectivity index (χ0v) is 10.6. The SMILES string of the molecule is CC(C)[C@@H]1C[C@@H](C(=O)Nc2ccccc2)C(=O)O1. The molecule has 1 aromatic carbocycles. The van der Waals surface area contributed by atoms with Gasteiger partial charge in [-0.1, -0.05) is 32.0 Å². The highest BCUT2D eigenvalue weighted by Gasteiger charge is 2.40. The van der Waals surface area contributed by atoms with Crippen molar-refractivity contribution in [2.24, 2.45) is 11.8 Å². The molecular weight excluding hydrogens is 230 g/mol. The first-order chi connectivity index (χ1) is 8.58. The third kappa shape index (κ3) is 2.70. The lowest BCUT2D eigenvalue weighted by Crippen LogP contribution is -2.26. The van der Waals surface area contributed by atoms with Gasteiger partial charge < -0.3 is 10.1 Å². The van der Waals surface area contributed by atoms with E-state index in [9.17, 15) is 9.59 Å². The molecule has 18 heavy (non-hydrogen) atoms. The number of hydrogen-bond donors (Lipinski definition) is 1. The number of hydrogen-bond acceptors (Lipinski definition) is 3. The quantitative estimate of drug-likeness (QED) is 0.658. The van der Waals surface area contributed by atoms with Crippen molar-refractivity contribution in [3.63, 3.8) is 0 Å². The van der Waals surface area contributed by atoms with Crippen LogP contribution in [-0.4, -0.2) is 18.0 Å². The van der Waals surface area contributed by atoms with Gasteiger partial charge in [-0.3, -0.25) is 9.59 Å². The van der Waals surface area contributed by atoms with Crippen molar-refractivity contribution >= 4 is 17.6 Å². The number of benzene rings is 1. The molecule has 0 aliphatic carbocycles. The summed E-state index contributed by atoms with van der Waals surface area (Å²) in [6.45, 7) is 3.96. The highest BCUT2D eigenvalue weighted by atomic mass is 16.6. The molecule has 0 bridgehead atoms. The van der Waals surface area contributed by atoms with Gasteiger partial charge in [-0.05, 0) is 18.1 Å². The minimum absolute atomic E-state index is 0.149. The van der Waals surface area contributed by atoms with Gasteiger partial charge in [0, 0.05) is 12.1 Å². The Morgan fingerprint density at radius 2 is 2.00 bits per heavy atom. The van der Waals surface area contributed by atoms with Crippen LogP contribution >= 0.6 is 0 Å². The van der Waals surface area contributed by atoms with Gasteiger partial charge in [0.2, 0.25) is 5.91 Å². The number of para-hydroxylation sites is 1. The number of carbonyl (C=O) groups excluding carboxylic acids is 2. The fourth-order valence-corrected chi connectivity index (χ4v) is 1.98. The molecule has 0 unspecified atom stereocenters. The minimum Gasteiger partial charge on any atom is -0.461 e. The molecule has 2 atom stereocenters. The largest absolute Gasteiger partial charge is 0.461 e. The van der Waals surface area contributed by atoms with E-state index in [0.717, 1.165) is 0 Å². The number of ether oxygens (including phenoxy) is 1. The Morgan fingerprint density at radius 3 is 2.56 bits per heavy atom. The van der Waals surface area contributed by atoms with Crippen LogP contribution in [-0.2, 0) is 14.3 Å². The Hall–Kier alpha value is -1.84. The van der Waals surface area contributed by atoms with Crippen molar-refractivity contribution in [3.8, 4) is 0 Å². The summed E-state index contributed by atoms with van der Waals surface area (Å²) in [4.78, 5) is 23.6. The molecule has 2 rings (SSSR count). The van der Waals surface area contributed by atoms with Gasteiger partial charge in [0.05, 0.1) is 0 Å². The smallest absolute Gasteiger partial charge is 0.318 e. The van der Waals surface area contributed by atoms with E-state index in [0.29, 0.717) is 12.1 Å². The Balaban J connectivity index is 2.00. The number of nitrogens with one attached hydrogen (secondary N) is 1. The first-order valence-corrected chi connectivity index (χ1v) is 6.14. The number of amides is 1. The molecule has 1 aromatic rings. The summed E-state index contributed by atoms with van der Waals surface area (Å²) in [5.74, 6) is -1.14. The van der Waals surface area contributed by atoms with E-state index in [1.165, 1.54) is 0 Å². The van der Waals surface area contributed by atoms with E-state index in [4.69, 9.17) is 4.74 Å². The highest BCUT2D eigenvalue weighted by Crippen LogP contribution is 2.27. The monoisotopic (exact) mass is 247 g/mol. The molecule has 1 amide bonds.